The van der Waals surface area contributed by atoms with Crippen LogP contribution in [0.4, 0.5) is 5.95 Å². The minimum absolute atomic E-state index is 0.0460. The van der Waals surface area contributed by atoms with Crippen LogP contribution in [0.1, 0.15) is 33.9 Å². The molecule has 0 aliphatic carbocycles. The Morgan fingerprint density at radius 1 is 0.897 bits per heavy atom. The number of ether oxygens (including phenoxy) is 4. The second-order valence-corrected chi connectivity index (χ2v) is 8.58. The molecule has 0 radical (unpaired) electrons. The van der Waals surface area contributed by atoms with E-state index in [1.165, 1.54) is 23.9 Å². The third-order valence-corrected chi connectivity index (χ3v) is 5.96. The van der Waals surface area contributed by atoms with Crippen LogP contribution >= 0.6 is 0 Å². The molecule has 13 heteroatoms. The Morgan fingerprint density at radius 3 is 2.18 bits per heavy atom. The van der Waals surface area contributed by atoms with Gasteiger partial charge in [0.25, 0.3) is 0 Å². The Hall–Kier alpha value is -5.04. The van der Waals surface area contributed by atoms with Crippen molar-refractivity contribution in [1.82, 2.24) is 18.9 Å². The van der Waals surface area contributed by atoms with Gasteiger partial charge in [-0.15, -0.1) is 0 Å². The molecule has 0 amide bonds. The lowest BCUT2D eigenvalue weighted by atomic mass is 10.1. The average Bonchev–Trinajstić information content (AvgIpc) is 3.49. The van der Waals surface area contributed by atoms with Crippen molar-refractivity contribution in [3.8, 4) is 0 Å². The fourth-order valence-corrected chi connectivity index (χ4v) is 4.24. The summed E-state index contributed by atoms with van der Waals surface area (Å²) in [5.41, 5.74) is 5.56. The number of nitrogens with two attached hydrogens (primary N) is 1. The standard InChI is InChI=1S/C26H23N5O8/c1-15(32)37-20-19(39-23(34)17-10-6-3-7-11-17)18(14-36-22(33)16-8-4-2-5-9-16)38-21(20)30-12-13-31-25(30)28-24(27)29-26(31)35/h2-13,18-21H,14H2,1H3,(H2,27,29,35). The quantitative estimate of drug-likeness (QED) is 0.269. The highest BCUT2D eigenvalue weighted by Gasteiger charge is 2.51. The predicted molar refractivity (Wildman–Crippen MR) is 133 cm³/mol. The lowest BCUT2D eigenvalue weighted by molar-refractivity contribution is -0.156. The number of anilines is 1. The SMILES string of the molecule is CC(=O)OC1C(OC(=O)c2ccccc2)C(COC(=O)c2ccccc2)OC1n1ccn2c(=O)nc(N)nc12. The second-order valence-electron chi connectivity index (χ2n) is 8.58. The van der Waals surface area contributed by atoms with Gasteiger partial charge in [-0.2, -0.15) is 9.97 Å². The zero-order valence-electron chi connectivity index (χ0n) is 20.6. The van der Waals surface area contributed by atoms with E-state index in [-0.39, 0.29) is 23.9 Å². The van der Waals surface area contributed by atoms with E-state index < -0.39 is 48.1 Å². The number of hydrogen-bond acceptors (Lipinski definition) is 11. The smallest absolute Gasteiger partial charge is 0.357 e. The van der Waals surface area contributed by atoms with Crippen LogP contribution in [0.25, 0.3) is 5.78 Å². The van der Waals surface area contributed by atoms with Gasteiger partial charge in [-0.25, -0.2) is 18.8 Å². The number of carbonyl (C=O) groups excluding carboxylic acids is 3. The van der Waals surface area contributed by atoms with Gasteiger partial charge in [0, 0.05) is 19.3 Å². The molecule has 0 bridgehead atoms. The van der Waals surface area contributed by atoms with Gasteiger partial charge in [0.1, 0.15) is 12.7 Å². The molecule has 1 saturated heterocycles. The highest BCUT2D eigenvalue weighted by molar-refractivity contribution is 5.90. The van der Waals surface area contributed by atoms with Crippen molar-refractivity contribution in [2.24, 2.45) is 0 Å². The van der Waals surface area contributed by atoms with E-state index in [2.05, 4.69) is 9.97 Å². The van der Waals surface area contributed by atoms with Crippen molar-refractivity contribution in [1.29, 1.82) is 0 Å². The van der Waals surface area contributed by atoms with E-state index in [4.69, 9.17) is 24.7 Å². The van der Waals surface area contributed by atoms with E-state index in [1.807, 2.05) is 0 Å². The Morgan fingerprint density at radius 2 is 1.54 bits per heavy atom. The number of fused-ring (bicyclic) bond motifs is 1. The summed E-state index contributed by atoms with van der Waals surface area (Å²) < 4.78 is 25.5. The first-order chi connectivity index (χ1) is 18.8. The molecule has 4 unspecified atom stereocenters. The monoisotopic (exact) mass is 533 g/mol. The minimum atomic E-state index is -1.21. The van der Waals surface area contributed by atoms with Crippen molar-refractivity contribution >= 4 is 29.6 Å². The van der Waals surface area contributed by atoms with Crippen LogP contribution in [-0.2, 0) is 23.7 Å². The Balaban J connectivity index is 1.50. The number of imidazole rings is 1. The Bertz CT molecular complexity index is 1570. The number of rotatable bonds is 7. The van der Waals surface area contributed by atoms with Crippen molar-refractivity contribution < 1.29 is 33.3 Å². The molecule has 4 aromatic rings. The third-order valence-electron chi connectivity index (χ3n) is 5.96. The molecule has 4 atom stereocenters. The molecule has 3 heterocycles. The molecule has 5 rings (SSSR count). The first-order valence-corrected chi connectivity index (χ1v) is 11.9. The Labute approximate surface area is 220 Å². The summed E-state index contributed by atoms with van der Waals surface area (Å²) in [4.78, 5) is 57.8. The normalized spacial score (nSPS) is 20.4. The van der Waals surface area contributed by atoms with E-state index >= 15 is 0 Å². The largest absolute Gasteiger partial charge is 0.459 e. The zero-order chi connectivity index (χ0) is 27.5. The van der Waals surface area contributed by atoms with Crippen LogP contribution in [0.5, 0.6) is 0 Å². The maximum atomic E-state index is 13.0. The van der Waals surface area contributed by atoms with Crippen LogP contribution in [0.2, 0.25) is 0 Å². The van der Waals surface area contributed by atoms with Gasteiger partial charge >= 0.3 is 23.6 Å². The lowest BCUT2D eigenvalue weighted by Gasteiger charge is -2.24. The molecule has 0 spiro atoms. The van der Waals surface area contributed by atoms with Crippen molar-refractivity contribution in [3.05, 3.63) is 94.7 Å². The molecular formula is C26H23N5O8. The second kappa shape index (κ2) is 10.8. The molecule has 1 aliphatic rings. The van der Waals surface area contributed by atoms with Gasteiger partial charge in [0.15, 0.2) is 18.4 Å². The first-order valence-electron chi connectivity index (χ1n) is 11.9. The molecule has 1 aliphatic heterocycles. The summed E-state index contributed by atoms with van der Waals surface area (Å²) in [5, 5.41) is 0. The van der Waals surface area contributed by atoms with E-state index in [0.717, 1.165) is 4.40 Å². The van der Waals surface area contributed by atoms with Crippen molar-refractivity contribution in [2.75, 3.05) is 12.3 Å². The van der Waals surface area contributed by atoms with E-state index in [9.17, 15) is 19.2 Å². The zero-order valence-corrected chi connectivity index (χ0v) is 20.6. The summed E-state index contributed by atoms with van der Waals surface area (Å²) >= 11 is 0. The molecule has 2 N–H and O–H groups in total. The molecule has 39 heavy (non-hydrogen) atoms. The van der Waals surface area contributed by atoms with Gasteiger partial charge < -0.3 is 24.7 Å². The number of carbonyl (C=O) groups is 3. The minimum Gasteiger partial charge on any atom is -0.459 e. The molecule has 13 nitrogen and oxygen atoms in total. The van der Waals surface area contributed by atoms with Gasteiger partial charge in [0.2, 0.25) is 11.7 Å². The lowest BCUT2D eigenvalue weighted by Crippen LogP contribution is -2.41. The summed E-state index contributed by atoms with van der Waals surface area (Å²) in [5.74, 6) is -2.24. The van der Waals surface area contributed by atoms with Gasteiger partial charge in [-0.05, 0) is 24.3 Å². The third kappa shape index (κ3) is 5.33. The number of nitrogen functional groups attached to an aromatic ring is 1. The topological polar surface area (TPSA) is 166 Å². The molecular weight excluding hydrogens is 510 g/mol. The average molecular weight is 533 g/mol. The predicted octanol–water partition coefficient (Wildman–Crippen LogP) is 1.38. The first kappa shape index (κ1) is 25.6. The number of hydrogen-bond donors (Lipinski definition) is 1. The number of nitrogens with zero attached hydrogens (tertiary/aromatic N) is 4. The van der Waals surface area contributed by atoms with E-state index in [1.54, 1.807) is 60.7 Å². The van der Waals surface area contributed by atoms with Gasteiger partial charge in [0.05, 0.1) is 11.1 Å². The van der Waals surface area contributed by atoms with Crippen LogP contribution in [0.3, 0.4) is 0 Å². The number of aromatic nitrogens is 4. The van der Waals surface area contributed by atoms with Crippen LogP contribution < -0.4 is 11.4 Å². The fourth-order valence-electron chi connectivity index (χ4n) is 4.24. The molecule has 2 aromatic carbocycles. The number of benzene rings is 2. The summed E-state index contributed by atoms with van der Waals surface area (Å²) in [6.07, 6.45) is -1.77. The van der Waals surface area contributed by atoms with Crippen LogP contribution in [0, 0.1) is 0 Å². The summed E-state index contributed by atoms with van der Waals surface area (Å²) in [6, 6.07) is 16.5. The molecule has 2 aromatic heterocycles. The highest BCUT2D eigenvalue weighted by atomic mass is 16.7. The van der Waals surface area contributed by atoms with Crippen LogP contribution in [0.15, 0.2) is 77.9 Å². The maximum Gasteiger partial charge on any atom is 0.357 e. The molecule has 0 saturated carbocycles. The fraction of sp³-hybridized carbons (Fsp3) is 0.231. The molecule has 1 fully saturated rings. The summed E-state index contributed by atoms with van der Waals surface area (Å²) in [6.45, 7) is 0.847. The highest BCUT2D eigenvalue weighted by Crippen LogP contribution is 2.35. The van der Waals surface area contributed by atoms with Crippen molar-refractivity contribution in [2.45, 2.75) is 31.5 Å². The van der Waals surface area contributed by atoms with Crippen molar-refractivity contribution in [3.63, 3.8) is 0 Å². The maximum absolute atomic E-state index is 13.0. The Kier molecular flexibility index (Phi) is 7.06. The summed E-state index contributed by atoms with van der Waals surface area (Å²) in [7, 11) is 0. The van der Waals surface area contributed by atoms with Gasteiger partial charge in [-0.1, -0.05) is 36.4 Å². The molecule has 200 valence electrons. The van der Waals surface area contributed by atoms with Gasteiger partial charge in [-0.3, -0.25) is 9.36 Å². The number of esters is 3. The van der Waals surface area contributed by atoms with Crippen LogP contribution in [-0.4, -0.2) is 61.8 Å². The van der Waals surface area contributed by atoms with E-state index in [0.29, 0.717) is 5.56 Å².